The predicted molar refractivity (Wildman–Crippen MR) is 136 cm³/mol. The van der Waals surface area contributed by atoms with Crippen molar-refractivity contribution in [3.63, 3.8) is 0 Å². The number of amidine groups is 1. The average Bonchev–Trinajstić information content (AvgIpc) is 3.33. The molecule has 1 aliphatic heterocycles. The van der Waals surface area contributed by atoms with E-state index in [2.05, 4.69) is 50.9 Å². The molecule has 2 aromatic heterocycles. The highest BCUT2D eigenvalue weighted by Crippen LogP contribution is 2.22. The van der Waals surface area contributed by atoms with Crippen LogP contribution in [0.4, 0.5) is 11.4 Å². The summed E-state index contributed by atoms with van der Waals surface area (Å²) < 4.78 is 0. The number of carbonyl (C=O) groups excluding carboxylic acids is 1. The van der Waals surface area contributed by atoms with E-state index in [1.807, 2.05) is 36.5 Å². The van der Waals surface area contributed by atoms with Crippen LogP contribution < -0.4 is 10.6 Å². The Hall–Kier alpha value is -4.26. The minimum Gasteiger partial charge on any atom is -0.340 e. The van der Waals surface area contributed by atoms with Gasteiger partial charge in [0.15, 0.2) is 0 Å². The molecule has 7 heteroatoms. The lowest BCUT2D eigenvalue weighted by atomic mass is 9.99. The number of aliphatic imine (C=N–C) groups is 1. The topological polar surface area (TPSA) is 95.1 Å². The van der Waals surface area contributed by atoms with Crippen molar-refractivity contribution in [2.75, 3.05) is 10.6 Å². The van der Waals surface area contributed by atoms with Gasteiger partial charge in [-0.1, -0.05) is 18.2 Å². The van der Waals surface area contributed by atoms with E-state index in [0.29, 0.717) is 5.56 Å². The zero-order valence-corrected chi connectivity index (χ0v) is 19.0. The fraction of sp³-hybridized carbons (Fsp3) is 0.185. The Morgan fingerprint density at radius 3 is 2.91 bits per heavy atom. The number of pyridine rings is 1. The Labute approximate surface area is 198 Å². The minimum absolute atomic E-state index is 0.160. The second-order valence-electron chi connectivity index (χ2n) is 8.49. The maximum atomic E-state index is 12.4. The van der Waals surface area contributed by atoms with Gasteiger partial charge >= 0.3 is 0 Å². The Morgan fingerprint density at radius 1 is 1.09 bits per heavy atom. The molecular weight excluding hydrogens is 424 g/mol. The quantitative estimate of drug-likeness (QED) is 0.368. The number of dihydropyridines is 1. The molecule has 1 unspecified atom stereocenters. The molecule has 1 aliphatic rings. The van der Waals surface area contributed by atoms with Crippen LogP contribution in [0.1, 0.15) is 35.7 Å². The van der Waals surface area contributed by atoms with Gasteiger partial charge in [-0.2, -0.15) is 5.10 Å². The molecule has 34 heavy (non-hydrogen) atoms. The van der Waals surface area contributed by atoms with Crippen molar-refractivity contribution in [2.45, 2.75) is 32.2 Å². The molecule has 0 saturated carbocycles. The summed E-state index contributed by atoms with van der Waals surface area (Å²) >= 11 is 0. The summed E-state index contributed by atoms with van der Waals surface area (Å²) in [4.78, 5) is 21.4. The summed E-state index contributed by atoms with van der Waals surface area (Å²) in [6.45, 7) is 2.09. The van der Waals surface area contributed by atoms with Crippen LogP contribution in [0.3, 0.4) is 0 Å². The molecule has 5 rings (SSSR count). The fourth-order valence-electron chi connectivity index (χ4n) is 4.06. The van der Waals surface area contributed by atoms with Gasteiger partial charge in [-0.05, 0) is 79.8 Å². The number of rotatable bonds is 6. The number of hydrogen-bond donors (Lipinski definition) is 3. The first-order chi connectivity index (χ1) is 16.6. The molecule has 0 bridgehead atoms. The van der Waals surface area contributed by atoms with Crippen molar-refractivity contribution in [1.82, 2.24) is 15.2 Å². The Bertz CT molecular complexity index is 1370. The maximum Gasteiger partial charge on any atom is 0.257 e. The van der Waals surface area contributed by atoms with Crippen LogP contribution in [-0.4, -0.2) is 33.0 Å². The van der Waals surface area contributed by atoms with E-state index in [1.54, 1.807) is 24.5 Å². The highest BCUT2D eigenvalue weighted by molar-refractivity contribution is 6.08. The smallest absolute Gasteiger partial charge is 0.257 e. The largest absolute Gasteiger partial charge is 0.340 e. The molecule has 3 heterocycles. The first-order valence-corrected chi connectivity index (χ1v) is 11.4. The maximum absolute atomic E-state index is 12.4. The van der Waals surface area contributed by atoms with Crippen molar-refractivity contribution in [3.8, 4) is 0 Å². The Morgan fingerprint density at radius 2 is 2.03 bits per heavy atom. The van der Waals surface area contributed by atoms with E-state index in [1.165, 1.54) is 5.56 Å². The summed E-state index contributed by atoms with van der Waals surface area (Å²) in [5.74, 6) is 0.753. The molecule has 0 fully saturated rings. The van der Waals surface area contributed by atoms with E-state index in [-0.39, 0.29) is 11.9 Å². The summed E-state index contributed by atoms with van der Waals surface area (Å²) in [7, 11) is 0. The molecule has 0 aliphatic carbocycles. The second kappa shape index (κ2) is 9.70. The molecule has 4 aromatic rings. The molecule has 170 valence electrons. The van der Waals surface area contributed by atoms with E-state index in [9.17, 15) is 4.79 Å². The van der Waals surface area contributed by atoms with Gasteiger partial charge in [-0.15, -0.1) is 0 Å². The van der Waals surface area contributed by atoms with Crippen molar-refractivity contribution < 1.29 is 4.79 Å². The fourth-order valence-corrected chi connectivity index (χ4v) is 4.06. The van der Waals surface area contributed by atoms with E-state index in [4.69, 9.17) is 4.99 Å². The monoisotopic (exact) mass is 450 g/mol. The lowest BCUT2D eigenvalue weighted by Gasteiger charge is -2.21. The highest BCUT2D eigenvalue weighted by Gasteiger charge is 2.16. The van der Waals surface area contributed by atoms with Gasteiger partial charge in [-0.3, -0.25) is 19.9 Å². The summed E-state index contributed by atoms with van der Waals surface area (Å²) in [5, 5.41) is 14.6. The number of carbonyl (C=O) groups is 1. The van der Waals surface area contributed by atoms with Crippen LogP contribution in [-0.2, 0) is 6.42 Å². The molecule has 1 amide bonds. The standard InChI is InChI=1S/C27H26N6O/c1-18-7-9-22(30-26(18)31-24-11-12-25-21(15-24)17-29-33-25)10-8-19-4-2-6-23(14-19)32-27(34)20-5-3-13-28-16-20/h2-7,11-17,22H,8-10H2,1H3,(H,29,33)(H,30,31)(H,32,34). The van der Waals surface area contributed by atoms with Crippen LogP contribution >= 0.6 is 0 Å². The zero-order valence-electron chi connectivity index (χ0n) is 19.0. The minimum atomic E-state index is -0.160. The van der Waals surface area contributed by atoms with E-state index >= 15 is 0 Å². The number of nitrogens with one attached hydrogen (secondary N) is 3. The first-order valence-electron chi connectivity index (χ1n) is 11.4. The highest BCUT2D eigenvalue weighted by atomic mass is 16.1. The van der Waals surface area contributed by atoms with Crippen LogP contribution in [0.2, 0.25) is 0 Å². The van der Waals surface area contributed by atoms with Gasteiger partial charge in [0.25, 0.3) is 5.91 Å². The third-order valence-electron chi connectivity index (χ3n) is 5.96. The number of aromatic nitrogens is 3. The van der Waals surface area contributed by atoms with Gasteiger partial charge in [0, 0.05) is 29.2 Å². The first kappa shape index (κ1) is 21.6. The molecule has 3 N–H and O–H groups in total. The number of benzene rings is 2. The molecule has 2 aromatic carbocycles. The number of nitrogens with zero attached hydrogens (tertiary/aromatic N) is 3. The van der Waals surface area contributed by atoms with Crippen LogP contribution in [0, 0.1) is 0 Å². The van der Waals surface area contributed by atoms with Gasteiger partial charge in [0.05, 0.1) is 23.3 Å². The number of aromatic amines is 1. The van der Waals surface area contributed by atoms with Crippen LogP contribution in [0.5, 0.6) is 0 Å². The lowest BCUT2D eigenvalue weighted by molar-refractivity contribution is 0.102. The zero-order chi connectivity index (χ0) is 23.3. The normalized spacial score (nSPS) is 15.5. The van der Waals surface area contributed by atoms with Crippen LogP contribution in [0.15, 0.2) is 89.8 Å². The molecular formula is C27H26N6O. The molecule has 0 spiro atoms. The average molecular weight is 451 g/mol. The SMILES string of the molecule is CC1=CCC(CCc2cccc(NC(=O)c3cccnc3)c2)N=C1Nc1ccc2[nH]ncc2c1. The van der Waals surface area contributed by atoms with E-state index in [0.717, 1.165) is 52.9 Å². The van der Waals surface area contributed by atoms with Crippen LogP contribution in [0.25, 0.3) is 10.9 Å². The predicted octanol–water partition coefficient (Wildman–Crippen LogP) is 5.37. The number of anilines is 2. The molecule has 7 nitrogen and oxygen atoms in total. The molecule has 0 radical (unpaired) electrons. The Kier molecular flexibility index (Phi) is 6.16. The number of amides is 1. The van der Waals surface area contributed by atoms with Crippen molar-refractivity contribution in [3.05, 3.63) is 96.0 Å². The van der Waals surface area contributed by atoms with Gasteiger partial charge in [0.2, 0.25) is 0 Å². The molecule has 1 atom stereocenters. The van der Waals surface area contributed by atoms with Gasteiger partial charge in [0.1, 0.15) is 5.84 Å². The third-order valence-corrected chi connectivity index (χ3v) is 5.96. The number of fused-ring (bicyclic) bond motifs is 1. The van der Waals surface area contributed by atoms with Crippen molar-refractivity contribution >= 4 is 34.0 Å². The third kappa shape index (κ3) is 5.04. The number of aryl methyl sites for hydroxylation is 1. The number of H-pyrrole nitrogens is 1. The lowest BCUT2D eigenvalue weighted by Crippen LogP contribution is -2.22. The van der Waals surface area contributed by atoms with Gasteiger partial charge in [-0.25, -0.2) is 0 Å². The Balaban J connectivity index is 1.22. The molecule has 0 saturated heterocycles. The second-order valence-corrected chi connectivity index (χ2v) is 8.49. The summed E-state index contributed by atoms with van der Waals surface area (Å²) in [6, 6.07) is 17.8. The van der Waals surface area contributed by atoms with Crippen molar-refractivity contribution in [2.24, 2.45) is 4.99 Å². The van der Waals surface area contributed by atoms with E-state index < -0.39 is 0 Å². The van der Waals surface area contributed by atoms with Crippen molar-refractivity contribution in [1.29, 1.82) is 0 Å². The summed E-state index contributed by atoms with van der Waals surface area (Å²) in [6.07, 6.45) is 10.0. The summed E-state index contributed by atoms with van der Waals surface area (Å²) in [5.41, 5.74) is 5.66. The number of hydrogen-bond acceptors (Lipinski definition) is 5. The van der Waals surface area contributed by atoms with Gasteiger partial charge < -0.3 is 10.6 Å².